The van der Waals surface area contributed by atoms with Crippen LogP contribution in [-0.2, 0) is 0 Å². The summed E-state index contributed by atoms with van der Waals surface area (Å²) < 4.78 is 20.5. The lowest BCUT2D eigenvalue weighted by Gasteiger charge is -2.06. The third-order valence-corrected chi connectivity index (χ3v) is 4.03. The number of halogens is 1. The number of aryl methyl sites for hydroxylation is 1. The molecule has 0 unspecified atom stereocenters. The molecule has 0 radical (unpaired) electrons. The van der Waals surface area contributed by atoms with Crippen molar-refractivity contribution in [3.05, 3.63) is 64.4 Å². The number of nitrogens with zero attached hydrogens (tertiary/aromatic N) is 3. The van der Waals surface area contributed by atoms with Gasteiger partial charge in [0.25, 0.3) is 0 Å². The lowest BCUT2D eigenvalue weighted by atomic mass is 10.1. The molecule has 1 aliphatic rings. The number of hydrogen-bond donors (Lipinski definition) is 0. The van der Waals surface area contributed by atoms with Crippen molar-refractivity contribution in [1.82, 2.24) is 14.5 Å². The standard InChI is InChI=1S/C17H14FN3O2/c1-10-2-3-12(8-13(10)18)15-16(19-9-23-15)21-7-6-14(11-4-5-11)20-17(21)22/h2-3,6-9,11H,4-5H2,1H3. The van der Waals surface area contributed by atoms with E-state index in [1.54, 1.807) is 25.3 Å². The van der Waals surface area contributed by atoms with Gasteiger partial charge in [-0.25, -0.2) is 13.8 Å². The van der Waals surface area contributed by atoms with E-state index in [9.17, 15) is 9.18 Å². The molecule has 1 aromatic carbocycles. The van der Waals surface area contributed by atoms with Crippen LogP contribution >= 0.6 is 0 Å². The molecular formula is C17H14FN3O2. The molecule has 1 aliphatic carbocycles. The van der Waals surface area contributed by atoms with Gasteiger partial charge in [-0.2, -0.15) is 9.97 Å². The predicted octanol–water partition coefficient (Wildman–Crippen LogP) is 3.21. The summed E-state index contributed by atoms with van der Waals surface area (Å²) in [6, 6.07) is 6.59. The minimum atomic E-state index is -0.405. The van der Waals surface area contributed by atoms with Gasteiger partial charge < -0.3 is 4.42 Å². The molecule has 23 heavy (non-hydrogen) atoms. The Morgan fingerprint density at radius 1 is 1.30 bits per heavy atom. The van der Waals surface area contributed by atoms with Crippen molar-refractivity contribution in [1.29, 1.82) is 0 Å². The van der Waals surface area contributed by atoms with E-state index in [0.717, 1.165) is 18.5 Å². The molecule has 6 heteroatoms. The maximum absolute atomic E-state index is 13.8. The van der Waals surface area contributed by atoms with Gasteiger partial charge in [0.15, 0.2) is 18.0 Å². The number of oxazole rings is 1. The largest absolute Gasteiger partial charge is 0.441 e. The maximum Gasteiger partial charge on any atom is 0.353 e. The van der Waals surface area contributed by atoms with Crippen molar-refractivity contribution in [2.75, 3.05) is 0 Å². The average Bonchev–Trinajstić information content (AvgIpc) is 3.28. The van der Waals surface area contributed by atoms with E-state index >= 15 is 0 Å². The van der Waals surface area contributed by atoms with Crippen molar-refractivity contribution in [3.63, 3.8) is 0 Å². The molecule has 1 saturated carbocycles. The van der Waals surface area contributed by atoms with E-state index in [2.05, 4.69) is 9.97 Å². The third kappa shape index (κ3) is 2.46. The van der Waals surface area contributed by atoms with Crippen LogP contribution in [0.25, 0.3) is 17.1 Å². The molecule has 0 atom stereocenters. The molecule has 0 amide bonds. The fraction of sp³-hybridized carbons (Fsp3) is 0.235. The van der Waals surface area contributed by atoms with E-state index in [4.69, 9.17) is 4.42 Å². The summed E-state index contributed by atoms with van der Waals surface area (Å²) in [5.74, 6) is 0.722. The van der Waals surface area contributed by atoms with Gasteiger partial charge in [-0.05, 0) is 37.5 Å². The van der Waals surface area contributed by atoms with E-state index in [1.165, 1.54) is 17.0 Å². The number of hydrogen-bond acceptors (Lipinski definition) is 4. The molecule has 0 aliphatic heterocycles. The Labute approximate surface area is 131 Å². The monoisotopic (exact) mass is 311 g/mol. The van der Waals surface area contributed by atoms with E-state index in [1.807, 2.05) is 6.07 Å². The summed E-state index contributed by atoms with van der Waals surface area (Å²) in [5.41, 5.74) is 1.48. The summed E-state index contributed by atoms with van der Waals surface area (Å²) in [7, 11) is 0. The van der Waals surface area contributed by atoms with Crippen LogP contribution in [0.15, 0.2) is 46.1 Å². The fourth-order valence-corrected chi connectivity index (χ4v) is 2.53. The Morgan fingerprint density at radius 2 is 2.13 bits per heavy atom. The molecule has 0 saturated heterocycles. The van der Waals surface area contributed by atoms with Crippen molar-refractivity contribution < 1.29 is 8.81 Å². The lowest BCUT2D eigenvalue weighted by molar-refractivity contribution is 0.569. The summed E-state index contributed by atoms with van der Waals surface area (Å²) >= 11 is 0. The molecule has 1 fully saturated rings. The van der Waals surface area contributed by atoms with Crippen LogP contribution in [0, 0.1) is 12.7 Å². The number of benzene rings is 1. The SMILES string of the molecule is Cc1ccc(-c2ocnc2-n2ccc(C3CC3)nc2=O)cc1F. The first-order valence-corrected chi connectivity index (χ1v) is 7.43. The molecule has 2 aromatic heterocycles. The van der Waals surface area contributed by atoms with Crippen LogP contribution in [0.5, 0.6) is 0 Å². The van der Waals surface area contributed by atoms with Crippen LogP contribution < -0.4 is 5.69 Å². The Bertz CT molecular complexity index is 941. The van der Waals surface area contributed by atoms with Crippen LogP contribution in [0.3, 0.4) is 0 Å². The summed E-state index contributed by atoms with van der Waals surface area (Å²) in [6.07, 6.45) is 5.04. The van der Waals surface area contributed by atoms with Gasteiger partial charge in [0, 0.05) is 17.7 Å². The zero-order valence-corrected chi connectivity index (χ0v) is 12.5. The van der Waals surface area contributed by atoms with Gasteiger partial charge in [0.1, 0.15) is 5.82 Å². The van der Waals surface area contributed by atoms with Gasteiger partial charge >= 0.3 is 5.69 Å². The number of aromatic nitrogens is 3. The second-order valence-corrected chi connectivity index (χ2v) is 5.75. The van der Waals surface area contributed by atoms with E-state index in [0.29, 0.717) is 28.6 Å². The second kappa shape index (κ2) is 5.15. The van der Waals surface area contributed by atoms with Crippen molar-refractivity contribution in [2.45, 2.75) is 25.7 Å². The maximum atomic E-state index is 13.8. The van der Waals surface area contributed by atoms with Crippen LogP contribution in [0.2, 0.25) is 0 Å². The van der Waals surface area contributed by atoms with Crippen molar-refractivity contribution in [3.8, 4) is 17.1 Å². The highest BCUT2D eigenvalue weighted by Gasteiger charge is 2.26. The van der Waals surface area contributed by atoms with Gasteiger partial charge in [-0.1, -0.05) is 12.1 Å². The first-order valence-electron chi connectivity index (χ1n) is 7.43. The first-order chi connectivity index (χ1) is 11.1. The molecule has 2 heterocycles. The second-order valence-electron chi connectivity index (χ2n) is 5.75. The van der Waals surface area contributed by atoms with Gasteiger partial charge in [0.05, 0.1) is 5.69 Å². The zero-order chi connectivity index (χ0) is 16.0. The minimum absolute atomic E-state index is 0.313. The molecule has 4 rings (SSSR count). The first kappa shape index (κ1) is 13.9. The highest BCUT2D eigenvalue weighted by molar-refractivity contribution is 5.65. The quantitative estimate of drug-likeness (QED) is 0.745. The number of rotatable bonds is 3. The molecular weight excluding hydrogens is 297 g/mol. The van der Waals surface area contributed by atoms with Gasteiger partial charge in [0.2, 0.25) is 0 Å². The smallest absolute Gasteiger partial charge is 0.353 e. The van der Waals surface area contributed by atoms with Crippen LogP contribution in [-0.4, -0.2) is 14.5 Å². The molecule has 0 N–H and O–H groups in total. The molecule has 0 spiro atoms. The zero-order valence-electron chi connectivity index (χ0n) is 12.5. The Kier molecular flexibility index (Phi) is 3.11. The van der Waals surface area contributed by atoms with Crippen molar-refractivity contribution >= 4 is 0 Å². The summed E-state index contributed by atoms with van der Waals surface area (Å²) in [5, 5.41) is 0. The van der Waals surface area contributed by atoms with Crippen LogP contribution in [0.4, 0.5) is 4.39 Å². The third-order valence-electron chi connectivity index (χ3n) is 4.03. The molecule has 0 bridgehead atoms. The van der Waals surface area contributed by atoms with Gasteiger partial charge in [-0.3, -0.25) is 0 Å². The average molecular weight is 311 g/mol. The minimum Gasteiger partial charge on any atom is -0.441 e. The highest BCUT2D eigenvalue weighted by atomic mass is 19.1. The molecule has 116 valence electrons. The Morgan fingerprint density at radius 3 is 2.83 bits per heavy atom. The predicted molar refractivity (Wildman–Crippen MR) is 82.0 cm³/mol. The highest BCUT2D eigenvalue weighted by Crippen LogP contribution is 2.38. The summed E-state index contributed by atoms with van der Waals surface area (Å²) in [6.45, 7) is 1.69. The normalized spacial score (nSPS) is 14.2. The van der Waals surface area contributed by atoms with E-state index in [-0.39, 0.29) is 5.82 Å². The molecule has 3 aromatic rings. The van der Waals surface area contributed by atoms with E-state index < -0.39 is 5.69 Å². The van der Waals surface area contributed by atoms with Gasteiger partial charge in [-0.15, -0.1) is 0 Å². The Balaban J connectivity index is 1.80. The Hall–Kier alpha value is -2.76. The van der Waals surface area contributed by atoms with Crippen molar-refractivity contribution in [2.24, 2.45) is 0 Å². The topological polar surface area (TPSA) is 60.9 Å². The van der Waals surface area contributed by atoms with Crippen LogP contribution in [0.1, 0.15) is 30.0 Å². The fourth-order valence-electron chi connectivity index (χ4n) is 2.53. The molecule has 5 nitrogen and oxygen atoms in total. The lowest BCUT2D eigenvalue weighted by Crippen LogP contribution is -2.22. The summed E-state index contributed by atoms with van der Waals surface area (Å²) in [4.78, 5) is 20.5.